The fraction of sp³-hybridized carbons (Fsp3) is 0.857. The Bertz CT molecular complexity index is 347. The maximum absolute atomic E-state index is 8.81. The molecule has 0 saturated carbocycles. The lowest BCUT2D eigenvalue weighted by molar-refractivity contribution is 0.310. The van der Waals surface area contributed by atoms with E-state index in [1.54, 1.807) is 7.05 Å². The molecule has 0 saturated heterocycles. The molecule has 0 aromatic carbocycles. The van der Waals surface area contributed by atoms with Gasteiger partial charge in [-0.15, -0.1) is 0 Å². The molecule has 0 fully saturated rings. The third-order valence-corrected chi connectivity index (χ3v) is 3.73. The van der Waals surface area contributed by atoms with E-state index in [1.165, 1.54) is 0 Å². The molecule has 0 atom stereocenters. The highest BCUT2D eigenvalue weighted by molar-refractivity contribution is 5.90. The molecule has 6 heteroatoms. The van der Waals surface area contributed by atoms with E-state index >= 15 is 0 Å². The van der Waals surface area contributed by atoms with Gasteiger partial charge in [-0.05, 0) is 61.1 Å². The Hall–Kier alpha value is -1.14. The smallest absolute Gasteiger partial charge is 0.0734 e. The average molecular weight is 285 g/mol. The Kier molecular flexibility index (Phi) is 7.75. The zero-order valence-corrected chi connectivity index (χ0v) is 14.0. The quantitative estimate of drug-likeness (QED) is 0.224. The number of nitrogens with one attached hydrogen (secondary N) is 3. The fourth-order valence-corrected chi connectivity index (χ4v) is 1.58. The molecule has 0 spiro atoms. The van der Waals surface area contributed by atoms with Crippen molar-refractivity contribution in [3.8, 4) is 0 Å². The summed E-state index contributed by atoms with van der Waals surface area (Å²) in [5, 5.41) is 23.1. The van der Waals surface area contributed by atoms with E-state index < -0.39 is 0 Å². The highest BCUT2D eigenvalue weighted by atomic mass is 16.4. The molecule has 0 rings (SSSR count). The number of oxime groups is 1. The maximum atomic E-state index is 8.81. The van der Waals surface area contributed by atoms with Crippen LogP contribution in [0.1, 0.15) is 48.0 Å². The van der Waals surface area contributed by atoms with Crippen LogP contribution in [0.2, 0.25) is 0 Å². The normalized spacial score (nSPS) is 14.6. The standard InChI is InChI=1S/C14H31N5O/c1-11(18-15-7)13(3,4)16-9-8-10-17-14(5,6)12(2)19-20/h15-17,20H,8-10H2,1-7H3/b18-11+,19-12+. The topological polar surface area (TPSA) is 81.0 Å². The summed E-state index contributed by atoms with van der Waals surface area (Å²) in [5.41, 5.74) is 4.11. The second-order valence-electron chi connectivity index (χ2n) is 6.06. The molecule has 0 aliphatic rings. The summed E-state index contributed by atoms with van der Waals surface area (Å²) in [5.74, 6) is 0. The van der Waals surface area contributed by atoms with Gasteiger partial charge in [0.05, 0.1) is 22.5 Å². The molecule has 0 aliphatic heterocycles. The van der Waals surface area contributed by atoms with E-state index in [1.807, 2.05) is 27.7 Å². The van der Waals surface area contributed by atoms with Crippen molar-refractivity contribution in [1.82, 2.24) is 16.1 Å². The van der Waals surface area contributed by atoms with Gasteiger partial charge < -0.3 is 21.3 Å². The van der Waals surface area contributed by atoms with Crippen LogP contribution in [0, 0.1) is 0 Å². The summed E-state index contributed by atoms with van der Waals surface area (Å²) in [7, 11) is 1.80. The van der Waals surface area contributed by atoms with E-state index in [0.29, 0.717) is 5.71 Å². The maximum Gasteiger partial charge on any atom is 0.0734 e. The van der Waals surface area contributed by atoms with Gasteiger partial charge in [-0.25, -0.2) is 0 Å². The van der Waals surface area contributed by atoms with Crippen LogP contribution in [-0.2, 0) is 0 Å². The minimum atomic E-state index is -0.284. The lowest BCUT2D eigenvalue weighted by Crippen LogP contribution is -2.49. The first-order chi connectivity index (χ1) is 9.17. The van der Waals surface area contributed by atoms with Crippen LogP contribution in [0.25, 0.3) is 0 Å². The van der Waals surface area contributed by atoms with Crippen LogP contribution in [0.4, 0.5) is 0 Å². The molecule has 0 unspecified atom stereocenters. The summed E-state index contributed by atoms with van der Waals surface area (Å²) in [6, 6.07) is 0. The summed E-state index contributed by atoms with van der Waals surface area (Å²) in [6.07, 6.45) is 0.985. The number of hydrogen-bond acceptors (Lipinski definition) is 6. The van der Waals surface area contributed by atoms with Crippen molar-refractivity contribution in [2.45, 2.75) is 59.0 Å². The molecule has 0 bridgehead atoms. The van der Waals surface area contributed by atoms with Gasteiger partial charge in [-0.2, -0.15) is 5.10 Å². The Balaban J connectivity index is 4.08. The molecule has 6 nitrogen and oxygen atoms in total. The molecule has 0 aliphatic carbocycles. The van der Waals surface area contributed by atoms with E-state index in [0.717, 1.165) is 25.2 Å². The lowest BCUT2D eigenvalue weighted by atomic mass is 9.99. The largest absolute Gasteiger partial charge is 0.411 e. The number of nitrogens with zero attached hydrogens (tertiary/aromatic N) is 2. The van der Waals surface area contributed by atoms with Crippen molar-refractivity contribution in [3.05, 3.63) is 0 Å². The number of rotatable bonds is 9. The second-order valence-corrected chi connectivity index (χ2v) is 6.06. The molecule has 0 amide bonds. The molecular weight excluding hydrogens is 254 g/mol. The Labute approximate surface area is 123 Å². The van der Waals surface area contributed by atoms with Crippen LogP contribution < -0.4 is 16.1 Å². The summed E-state index contributed by atoms with van der Waals surface area (Å²) in [4.78, 5) is 0. The van der Waals surface area contributed by atoms with Gasteiger partial charge in [-0.1, -0.05) is 5.16 Å². The molecule has 0 radical (unpaired) electrons. The SMILES string of the molecule is CN/N=C(\C)C(C)(C)NCCCNC(C)(C)/C(C)=N/O. The third-order valence-electron chi connectivity index (χ3n) is 3.73. The first-order valence-electron chi connectivity index (χ1n) is 7.08. The van der Waals surface area contributed by atoms with Crippen LogP contribution in [0.15, 0.2) is 10.3 Å². The lowest BCUT2D eigenvalue weighted by Gasteiger charge is -2.28. The van der Waals surface area contributed by atoms with Crippen molar-refractivity contribution >= 4 is 11.4 Å². The number of hydrogen-bond donors (Lipinski definition) is 4. The van der Waals surface area contributed by atoms with Crippen LogP contribution >= 0.6 is 0 Å². The van der Waals surface area contributed by atoms with E-state index in [4.69, 9.17) is 5.21 Å². The first-order valence-corrected chi connectivity index (χ1v) is 7.08. The predicted molar refractivity (Wildman–Crippen MR) is 85.8 cm³/mol. The van der Waals surface area contributed by atoms with E-state index in [-0.39, 0.29) is 11.1 Å². The van der Waals surface area contributed by atoms with Gasteiger partial charge in [0.25, 0.3) is 0 Å². The van der Waals surface area contributed by atoms with Crippen LogP contribution in [0.3, 0.4) is 0 Å². The van der Waals surface area contributed by atoms with Gasteiger partial charge >= 0.3 is 0 Å². The van der Waals surface area contributed by atoms with Crippen molar-refractivity contribution in [2.75, 3.05) is 20.1 Å². The van der Waals surface area contributed by atoms with E-state index in [9.17, 15) is 0 Å². The van der Waals surface area contributed by atoms with Gasteiger partial charge in [0.2, 0.25) is 0 Å². The van der Waals surface area contributed by atoms with Gasteiger partial charge in [0.1, 0.15) is 0 Å². The van der Waals surface area contributed by atoms with Crippen molar-refractivity contribution in [3.63, 3.8) is 0 Å². The second kappa shape index (κ2) is 8.21. The molecule has 0 heterocycles. The minimum absolute atomic E-state index is 0.124. The van der Waals surface area contributed by atoms with Crippen molar-refractivity contribution < 1.29 is 5.21 Å². The zero-order chi connectivity index (χ0) is 15.8. The van der Waals surface area contributed by atoms with Crippen LogP contribution in [-0.4, -0.2) is 47.8 Å². The third kappa shape index (κ3) is 6.34. The summed E-state index contributed by atoms with van der Waals surface area (Å²) in [6.45, 7) is 13.8. The molecule has 118 valence electrons. The molecule has 0 aromatic rings. The molecular formula is C14H31N5O. The molecule has 4 N–H and O–H groups in total. The Morgan fingerprint density at radius 3 is 1.80 bits per heavy atom. The average Bonchev–Trinajstić information content (AvgIpc) is 2.37. The Morgan fingerprint density at radius 2 is 1.40 bits per heavy atom. The number of hydrazone groups is 1. The minimum Gasteiger partial charge on any atom is -0.411 e. The monoisotopic (exact) mass is 285 g/mol. The van der Waals surface area contributed by atoms with Gasteiger partial charge in [0.15, 0.2) is 0 Å². The van der Waals surface area contributed by atoms with Crippen LogP contribution in [0.5, 0.6) is 0 Å². The summed E-state index contributed by atoms with van der Waals surface area (Å²) >= 11 is 0. The highest BCUT2D eigenvalue weighted by Crippen LogP contribution is 2.06. The first kappa shape index (κ1) is 18.9. The molecule has 20 heavy (non-hydrogen) atoms. The summed E-state index contributed by atoms with van der Waals surface area (Å²) < 4.78 is 0. The predicted octanol–water partition coefficient (Wildman–Crippen LogP) is 1.56. The fourth-order valence-electron chi connectivity index (χ4n) is 1.58. The van der Waals surface area contributed by atoms with Crippen molar-refractivity contribution in [1.29, 1.82) is 0 Å². The zero-order valence-electron chi connectivity index (χ0n) is 14.0. The van der Waals surface area contributed by atoms with E-state index in [2.05, 4.69) is 40.2 Å². The Morgan fingerprint density at radius 1 is 0.950 bits per heavy atom. The molecule has 0 aromatic heterocycles. The van der Waals surface area contributed by atoms with Gasteiger partial charge in [-0.3, -0.25) is 0 Å². The van der Waals surface area contributed by atoms with Gasteiger partial charge in [0, 0.05) is 7.05 Å². The highest BCUT2D eigenvalue weighted by Gasteiger charge is 2.22. The van der Waals surface area contributed by atoms with Crippen molar-refractivity contribution in [2.24, 2.45) is 10.3 Å².